The maximum atomic E-state index is 12.0. The molecule has 148 valence electrons. The summed E-state index contributed by atoms with van der Waals surface area (Å²) in [6.45, 7) is 8.13. The van der Waals surface area contributed by atoms with Gasteiger partial charge in [-0.1, -0.05) is 13.0 Å². The molecule has 0 aliphatic heterocycles. The molecular formula is C19H28IN5OS. The number of anilines is 1. The predicted octanol–water partition coefficient (Wildman–Crippen LogP) is 3.76. The predicted molar refractivity (Wildman–Crippen MR) is 124 cm³/mol. The lowest BCUT2D eigenvalue weighted by atomic mass is 10.1. The molecule has 0 saturated carbocycles. The van der Waals surface area contributed by atoms with Gasteiger partial charge in [-0.3, -0.25) is 9.79 Å². The molecule has 6 nitrogen and oxygen atoms in total. The van der Waals surface area contributed by atoms with Gasteiger partial charge in [-0.15, -0.1) is 24.0 Å². The second kappa shape index (κ2) is 12.7. The number of rotatable bonds is 8. The van der Waals surface area contributed by atoms with Gasteiger partial charge in [-0.2, -0.15) is 11.3 Å². The first-order chi connectivity index (χ1) is 12.6. The van der Waals surface area contributed by atoms with Crippen LogP contribution in [-0.2, 0) is 4.79 Å². The lowest BCUT2D eigenvalue weighted by Gasteiger charge is -2.13. The van der Waals surface area contributed by atoms with Crippen molar-refractivity contribution in [3.63, 3.8) is 0 Å². The normalized spacial score (nSPS) is 12.0. The fourth-order valence-corrected chi connectivity index (χ4v) is 3.05. The number of amides is 1. The van der Waals surface area contributed by atoms with Crippen LogP contribution in [-0.4, -0.2) is 36.5 Å². The molecule has 0 fully saturated rings. The van der Waals surface area contributed by atoms with E-state index in [0.29, 0.717) is 31.2 Å². The van der Waals surface area contributed by atoms with Crippen LogP contribution in [0.4, 0.5) is 5.82 Å². The number of hydrogen-bond donors (Lipinski definition) is 3. The summed E-state index contributed by atoms with van der Waals surface area (Å²) in [7, 11) is 0. The van der Waals surface area contributed by atoms with Crippen molar-refractivity contribution < 1.29 is 4.79 Å². The molecule has 0 aromatic carbocycles. The van der Waals surface area contributed by atoms with Crippen LogP contribution in [0.3, 0.4) is 0 Å². The van der Waals surface area contributed by atoms with E-state index in [1.165, 1.54) is 5.56 Å². The van der Waals surface area contributed by atoms with Gasteiger partial charge in [-0.25, -0.2) is 4.98 Å². The highest BCUT2D eigenvalue weighted by atomic mass is 127. The van der Waals surface area contributed by atoms with Crippen LogP contribution in [0.25, 0.3) is 0 Å². The zero-order valence-electron chi connectivity index (χ0n) is 16.0. The summed E-state index contributed by atoms with van der Waals surface area (Å²) in [6, 6.07) is 5.86. The number of thiophene rings is 1. The van der Waals surface area contributed by atoms with Crippen molar-refractivity contribution in [3.05, 3.63) is 46.3 Å². The fraction of sp³-hybridized carbons (Fsp3) is 0.421. The molecule has 2 aromatic heterocycles. The maximum absolute atomic E-state index is 12.0. The molecule has 0 radical (unpaired) electrons. The molecule has 2 heterocycles. The molecule has 0 spiro atoms. The topological polar surface area (TPSA) is 78.4 Å². The van der Waals surface area contributed by atoms with Crippen molar-refractivity contribution >= 4 is 53.0 Å². The van der Waals surface area contributed by atoms with E-state index in [1.54, 1.807) is 23.6 Å². The number of pyridine rings is 1. The third kappa shape index (κ3) is 8.70. The Morgan fingerprint density at radius 1 is 1.30 bits per heavy atom. The SMILES string of the molecule is CCNC(=NCC(C)c1ccsc1)NCCC(=O)Nc1ccc(C)cn1.I. The molecule has 27 heavy (non-hydrogen) atoms. The Labute approximate surface area is 182 Å². The van der Waals surface area contributed by atoms with Crippen molar-refractivity contribution in [1.82, 2.24) is 15.6 Å². The first-order valence-corrected chi connectivity index (χ1v) is 9.79. The zero-order valence-corrected chi connectivity index (χ0v) is 19.1. The van der Waals surface area contributed by atoms with E-state index in [4.69, 9.17) is 0 Å². The van der Waals surface area contributed by atoms with Gasteiger partial charge in [0.15, 0.2) is 5.96 Å². The number of aryl methyl sites for hydroxylation is 1. The maximum Gasteiger partial charge on any atom is 0.227 e. The van der Waals surface area contributed by atoms with E-state index in [2.05, 4.69) is 49.7 Å². The number of halogens is 1. The number of hydrogen-bond acceptors (Lipinski definition) is 4. The molecule has 1 amide bonds. The highest BCUT2D eigenvalue weighted by molar-refractivity contribution is 14.0. The third-order valence-electron chi connectivity index (χ3n) is 3.80. The molecule has 1 atom stereocenters. The summed E-state index contributed by atoms with van der Waals surface area (Å²) < 4.78 is 0. The number of nitrogens with one attached hydrogen (secondary N) is 3. The Kier molecular flexibility index (Phi) is 11.0. The minimum Gasteiger partial charge on any atom is -0.357 e. The summed E-state index contributed by atoms with van der Waals surface area (Å²) in [6.07, 6.45) is 2.08. The minimum absolute atomic E-state index is 0. The lowest BCUT2D eigenvalue weighted by molar-refractivity contribution is -0.116. The van der Waals surface area contributed by atoms with Gasteiger partial charge in [0.05, 0.1) is 0 Å². The second-order valence-corrected chi connectivity index (χ2v) is 6.90. The van der Waals surface area contributed by atoms with Gasteiger partial charge in [0.2, 0.25) is 5.91 Å². The summed E-state index contributed by atoms with van der Waals surface area (Å²) in [5, 5.41) is 13.5. The van der Waals surface area contributed by atoms with Crippen LogP contribution in [0.2, 0.25) is 0 Å². The van der Waals surface area contributed by atoms with Crippen LogP contribution in [0.15, 0.2) is 40.1 Å². The van der Waals surface area contributed by atoms with Gasteiger partial charge >= 0.3 is 0 Å². The standard InChI is InChI=1S/C19H27N5OS.HI/c1-4-20-19(23-12-15(3)16-8-10-26-13-16)21-9-7-18(25)24-17-6-5-14(2)11-22-17;/h5-6,8,10-11,13,15H,4,7,9,12H2,1-3H3,(H2,20,21,23)(H,22,24,25);1H. The molecule has 3 N–H and O–H groups in total. The zero-order chi connectivity index (χ0) is 18.8. The number of carbonyl (C=O) groups excluding carboxylic acids is 1. The van der Waals surface area contributed by atoms with E-state index in [1.807, 2.05) is 19.9 Å². The molecule has 8 heteroatoms. The second-order valence-electron chi connectivity index (χ2n) is 6.12. The van der Waals surface area contributed by atoms with Crippen LogP contribution in [0.1, 0.15) is 37.3 Å². The van der Waals surface area contributed by atoms with Gasteiger partial charge in [-0.05, 0) is 47.9 Å². The monoisotopic (exact) mass is 501 g/mol. The van der Waals surface area contributed by atoms with Gasteiger partial charge in [0.1, 0.15) is 5.82 Å². The molecule has 1 unspecified atom stereocenters. The smallest absolute Gasteiger partial charge is 0.227 e. The Balaban J connectivity index is 0.00000364. The van der Waals surface area contributed by atoms with E-state index < -0.39 is 0 Å². The first-order valence-electron chi connectivity index (χ1n) is 8.85. The van der Waals surface area contributed by atoms with Crippen molar-refractivity contribution in [2.75, 3.05) is 25.0 Å². The minimum atomic E-state index is -0.0728. The molecule has 0 aliphatic carbocycles. The largest absolute Gasteiger partial charge is 0.357 e. The van der Waals surface area contributed by atoms with E-state index in [-0.39, 0.29) is 29.9 Å². The molecule has 0 aliphatic rings. The van der Waals surface area contributed by atoms with Crippen LogP contribution in [0.5, 0.6) is 0 Å². The summed E-state index contributed by atoms with van der Waals surface area (Å²) >= 11 is 1.70. The number of carbonyl (C=O) groups is 1. The average molecular weight is 501 g/mol. The molecule has 2 rings (SSSR count). The van der Waals surface area contributed by atoms with Gasteiger partial charge in [0.25, 0.3) is 0 Å². The molecule has 0 bridgehead atoms. The van der Waals surface area contributed by atoms with Crippen LogP contribution in [0, 0.1) is 6.92 Å². The van der Waals surface area contributed by atoms with E-state index >= 15 is 0 Å². The van der Waals surface area contributed by atoms with Crippen LogP contribution >= 0.6 is 35.3 Å². The summed E-state index contributed by atoms with van der Waals surface area (Å²) in [5.74, 6) is 1.60. The lowest BCUT2D eigenvalue weighted by Crippen LogP contribution is -2.39. The number of guanidine groups is 1. The average Bonchev–Trinajstić information content (AvgIpc) is 3.16. The van der Waals surface area contributed by atoms with E-state index in [9.17, 15) is 4.79 Å². The highest BCUT2D eigenvalue weighted by Crippen LogP contribution is 2.18. The third-order valence-corrected chi connectivity index (χ3v) is 4.50. The summed E-state index contributed by atoms with van der Waals surface area (Å²) in [4.78, 5) is 20.8. The van der Waals surface area contributed by atoms with Crippen LogP contribution < -0.4 is 16.0 Å². The van der Waals surface area contributed by atoms with Crippen molar-refractivity contribution in [1.29, 1.82) is 0 Å². The van der Waals surface area contributed by atoms with E-state index in [0.717, 1.165) is 18.1 Å². The Morgan fingerprint density at radius 3 is 2.74 bits per heavy atom. The van der Waals surface area contributed by atoms with Crippen molar-refractivity contribution in [2.45, 2.75) is 33.1 Å². The molecule has 2 aromatic rings. The Hall–Kier alpha value is -1.68. The Bertz CT molecular complexity index is 703. The molecular weight excluding hydrogens is 473 g/mol. The van der Waals surface area contributed by atoms with Gasteiger partial charge in [0, 0.05) is 38.2 Å². The summed E-state index contributed by atoms with van der Waals surface area (Å²) in [5.41, 5.74) is 2.37. The first kappa shape index (κ1) is 23.4. The molecule has 0 saturated heterocycles. The van der Waals surface area contributed by atoms with Crippen molar-refractivity contribution in [2.24, 2.45) is 4.99 Å². The Morgan fingerprint density at radius 2 is 2.11 bits per heavy atom. The highest BCUT2D eigenvalue weighted by Gasteiger charge is 2.07. The number of nitrogens with zero attached hydrogens (tertiary/aromatic N) is 2. The van der Waals surface area contributed by atoms with Crippen molar-refractivity contribution in [3.8, 4) is 0 Å². The van der Waals surface area contributed by atoms with Gasteiger partial charge < -0.3 is 16.0 Å². The number of aromatic nitrogens is 1. The fourth-order valence-electron chi connectivity index (χ4n) is 2.27. The number of aliphatic imine (C=N–C) groups is 1. The quantitative estimate of drug-likeness (QED) is 0.293.